The predicted octanol–water partition coefficient (Wildman–Crippen LogP) is 1.95. The molecule has 126 valence electrons. The van der Waals surface area contributed by atoms with Crippen LogP contribution in [0.4, 0.5) is 0 Å². The van der Waals surface area contributed by atoms with Gasteiger partial charge in [0.25, 0.3) is 0 Å². The van der Waals surface area contributed by atoms with E-state index in [4.69, 9.17) is 9.47 Å². The van der Waals surface area contributed by atoms with Crippen molar-refractivity contribution in [3.05, 3.63) is 0 Å². The minimum Gasteiger partial charge on any atom is -0.459 e. The van der Waals surface area contributed by atoms with Crippen molar-refractivity contribution in [2.75, 3.05) is 0 Å². The first-order chi connectivity index (χ1) is 9.87. The number of amides is 1. The highest BCUT2D eigenvalue weighted by Gasteiger charge is 2.38. The molecule has 1 N–H and O–H groups in total. The Kier molecular flexibility index (Phi) is 5.59. The number of carbonyl (C=O) groups is 3. The normalized spacial score (nSPS) is 19.0. The summed E-state index contributed by atoms with van der Waals surface area (Å²) in [6.07, 6.45) is 1.23. The van der Waals surface area contributed by atoms with Crippen molar-refractivity contribution in [3.8, 4) is 0 Å². The van der Waals surface area contributed by atoms with E-state index < -0.39 is 29.1 Å². The minimum atomic E-state index is -1.03. The van der Waals surface area contributed by atoms with E-state index in [1.807, 2.05) is 0 Å². The maximum absolute atomic E-state index is 12.3. The van der Waals surface area contributed by atoms with Gasteiger partial charge in [-0.1, -0.05) is 0 Å². The molecule has 1 fully saturated rings. The third-order valence-electron chi connectivity index (χ3n) is 2.99. The molecular formula is C16H27NO5. The first kappa shape index (κ1) is 18.5. The molecule has 1 heterocycles. The van der Waals surface area contributed by atoms with Crippen LogP contribution in [-0.4, -0.2) is 35.1 Å². The van der Waals surface area contributed by atoms with Crippen molar-refractivity contribution in [2.45, 2.75) is 78.0 Å². The number of hydrogen-bond donors (Lipinski definition) is 1. The van der Waals surface area contributed by atoms with Crippen LogP contribution in [-0.2, 0) is 23.9 Å². The third kappa shape index (κ3) is 6.45. The Labute approximate surface area is 131 Å². The van der Waals surface area contributed by atoms with Gasteiger partial charge < -0.3 is 14.8 Å². The van der Waals surface area contributed by atoms with Gasteiger partial charge in [-0.15, -0.1) is 0 Å². The number of nitrogens with one attached hydrogen (secondary N) is 1. The second-order valence-electron chi connectivity index (χ2n) is 7.66. The molecule has 0 aliphatic carbocycles. The molecule has 0 aromatic rings. The lowest BCUT2D eigenvalue weighted by Crippen LogP contribution is -2.40. The maximum atomic E-state index is 12.3. The lowest BCUT2D eigenvalue weighted by atomic mass is 9.98. The number of hydrogen-bond acceptors (Lipinski definition) is 5. The van der Waals surface area contributed by atoms with Crippen molar-refractivity contribution in [1.82, 2.24) is 5.32 Å². The van der Waals surface area contributed by atoms with Gasteiger partial charge in [-0.05, 0) is 54.4 Å². The molecule has 0 bridgehead atoms. The summed E-state index contributed by atoms with van der Waals surface area (Å²) in [5.41, 5.74) is -1.37. The van der Waals surface area contributed by atoms with Crippen molar-refractivity contribution in [3.63, 3.8) is 0 Å². The van der Waals surface area contributed by atoms with Gasteiger partial charge >= 0.3 is 11.9 Å². The largest absolute Gasteiger partial charge is 0.459 e. The first-order valence-electron chi connectivity index (χ1n) is 7.62. The molecule has 1 rings (SSSR count). The summed E-state index contributed by atoms with van der Waals surface area (Å²) in [7, 11) is 0. The Morgan fingerprint density at radius 3 is 1.86 bits per heavy atom. The summed E-state index contributed by atoms with van der Waals surface area (Å²) in [5, 5.41) is 2.77. The summed E-state index contributed by atoms with van der Waals surface area (Å²) in [5.74, 6) is -2.30. The van der Waals surface area contributed by atoms with Gasteiger partial charge in [-0.2, -0.15) is 0 Å². The second kappa shape index (κ2) is 6.67. The van der Waals surface area contributed by atoms with E-state index >= 15 is 0 Å². The molecule has 0 spiro atoms. The Morgan fingerprint density at radius 2 is 1.55 bits per heavy atom. The molecule has 1 aliphatic heterocycles. The fourth-order valence-electron chi connectivity index (χ4n) is 2.17. The van der Waals surface area contributed by atoms with Gasteiger partial charge in [0.1, 0.15) is 11.2 Å². The first-order valence-corrected chi connectivity index (χ1v) is 7.62. The molecule has 1 aliphatic rings. The Bertz CT molecular complexity index is 416. The molecule has 22 heavy (non-hydrogen) atoms. The number of rotatable bonds is 4. The van der Waals surface area contributed by atoms with Gasteiger partial charge in [-0.25, -0.2) is 0 Å². The van der Waals surface area contributed by atoms with Crippen molar-refractivity contribution in [2.24, 2.45) is 5.92 Å². The van der Waals surface area contributed by atoms with Gasteiger partial charge in [-0.3, -0.25) is 14.4 Å². The molecule has 6 nitrogen and oxygen atoms in total. The van der Waals surface area contributed by atoms with E-state index in [9.17, 15) is 14.4 Å². The molecule has 0 aromatic carbocycles. The molecule has 1 atom stereocenters. The fourth-order valence-corrected chi connectivity index (χ4v) is 2.17. The molecule has 1 saturated heterocycles. The number of carbonyl (C=O) groups excluding carboxylic acids is 3. The molecule has 0 saturated carbocycles. The van der Waals surface area contributed by atoms with E-state index in [2.05, 4.69) is 5.32 Å². The van der Waals surface area contributed by atoms with Crippen LogP contribution in [0, 0.1) is 5.92 Å². The van der Waals surface area contributed by atoms with E-state index in [1.54, 1.807) is 41.5 Å². The van der Waals surface area contributed by atoms with E-state index in [0.29, 0.717) is 12.8 Å². The van der Waals surface area contributed by atoms with Crippen LogP contribution in [0.3, 0.4) is 0 Å². The highest BCUT2D eigenvalue weighted by Crippen LogP contribution is 2.23. The van der Waals surface area contributed by atoms with E-state index in [0.717, 1.165) is 0 Å². The number of esters is 2. The molecule has 6 heteroatoms. The minimum absolute atomic E-state index is 0.0582. The lowest BCUT2D eigenvalue weighted by molar-refractivity contribution is -0.175. The summed E-state index contributed by atoms with van der Waals surface area (Å²) < 4.78 is 10.6. The van der Waals surface area contributed by atoms with Crippen molar-refractivity contribution >= 4 is 17.8 Å². The monoisotopic (exact) mass is 313 g/mol. The SMILES string of the molecule is CC(C)(C)OC(=O)C(CC1CCC(=O)N1)C(=O)OC(C)(C)C. The second-order valence-corrected chi connectivity index (χ2v) is 7.66. The third-order valence-corrected chi connectivity index (χ3v) is 2.99. The summed E-state index contributed by atoms with van der Waals surface area (Å²) in [4.78, 5) is 35.9. The molecule has 1 unspecified atom stereocenters. The summed E-state index contributed by atoms with van der Waals surface area (Å²) in [6.45, 7) is 10.5. The zero-order chi connectivity index (χ0) is 17.1. The summed E-state index contributed by atoms with van der Waals surface area (Å²) >= 11 is 0. The van der Waals surface area contributed by atoms with Gasteiger partial charge in [0, 0.05) is 12.5 Å². The van der Waals surface area contributed by atoms with Crippen LogP contribution >= 0.6 is 0 Å². The van der Waals surface area contributed by atoms with Gasteiger partial charge in [0.15, 0.2) is 5.92 Å². The van der Waals surface area contributed by atoms with Crippen molar-refractivity contribution < 1.29 is 23.9 Å². The smallest absolute Gasteiger partial charge is 0.320 e. The van der Waals surface area contributed by atoms with Crippen LogP contribution in [0.5, 0.6) is 0 Å². The molecule has 0 radical (unpaired) electrons. The zero-order valence-corrected chi connectivity index (χ0v) is 14.3. The topological polar surface area (TPSA) is 81.7 Å². The average molecular weight is 313 g/mol. The molecule has 1 amide bonds. The van der Waals surface area contributed by atoms with Crippen LogP contribution in [0.25, 0.3) is 0 Å². The van der Waals surface area contributed by atoms with Crippen LogP contribution < -0.4 is 5.32 Å². The lowest BCUT2D eigenvalue weighted by Gasteiger charge is -2.27. The Balaban J connectivity index is 2.82. The zero-order valence-electron chi connectivity index (χ0n) is 14.3. The number of ether oxygens (including phenoxy) is 2. The van der Waals surface area contributed by atoms with Gasteiger partial charge in [0.2, 0.25) is 5.91 Å². The van der Waals surface area contributed by atoms with Crippen molar-refractivity contribution in [1.29, 1.82) is 0 Å². The highest BCUT2D eigenvalue weighted by molar-refractivity contribution is 5.95. The van der Waals surface area contributed by atoms with Crippen LogP contribution in [0.1, 0.15) is 60.8 Å². The average Bonchev–Trinajstić information content (AvgIpc) is 2.66. The van der Waals surface area contributed by atoms with Crippen LogP contribution in [0.2, 0.25) is 0 Å². The Morgan fingerprint density at radius 1 is 1.09 bits per heavy atom. The quantitative estimate of drug-likeness (QED) is 0.634. The predicted molar refractivity (Wildman–Crippen MR) is 81.0 cm³/mol. The van der Waals surface area contributed by atoms with Gasteiger partial charge in [0.05, 0.1) is 0 Å². The Hall–Kier alpha value is -1.59. The fraction of sp³-hybridized carbons (Fsp3) is 0.812. The van der Waals surface area contributed by atoms with Crippen LogP contribution in [0.15, 0.2) is 0 Å². The van der Waals surface area contributed by atoms with E-state index in [1.165, 1.54) is 0 Å². The molecule has 0 aromatic heterocycles. The van der Waals surface area contributed by atoms with E-state index in [-0.39, 0.29) is 18.4 Å². The summed E-state index contributed by atoms with van der Waals surface area (Å²) in [6, 6.07) is -0.197. The standard InChI is InChI=1S/C16H27NO5/c1-15(2,3)21-13(19)11(14(20)22-16(4,5)6)9-10-7-8-12(18)17-10/h10-11H,7-9H2,1-6H3,(H,17,18). The highest BCUT2D eigenvalue weighted by atomic mass is 16.6. The molecular weight excluding hydrogens is 286 g/mol. The maximum Gasteiger partial charge on any atom is 0.320 e.